The topological polar surface area (TPSA) is 85.4 Å². The highest BCUT2D eigenvalue weighted by molar-refractivity contribution is 7.85. The molecule has 0 spiro atoms. The highest BCUT2D eigenvalue weighted by Crippen LogP contribution is 2.08. The Morgan fingerprint density at radius 1 is 1.17 bits per heavy atom. The molecule has 18 heavy (non-hydrogen) atoms. The SMILES string of the molecule is CC#N.C[NH+](C)C.Cc1ccc(S(=O)(=O)[O-])cc1. The van der Waals surface area contributed by atoms with E-state index in [1.807, 2.05) is 6.92 Å². The Labute approximate surface area is 109 Å². The smallest absolute Gasteiger partial charge is 0.124 e. The number of nitriles is 1. The number of nitrogens with one attached hydrogen (secondary N) is 1. The highest BCUT2D eigenvalue weighted by Gasteiger charge is 1.97. The van der Waals surface area contributed by atoms with Crippen LogP contribution in [-0.4, -0.2) is 34.1 Å². The first-order valence-electron chi connectivity index (χ1n) is 5.25. The lowest BCUT2D eigenvalue weighted by atomic mass is 10.2. The molecule has 0 fully saturated rings. The van der Waals surface area contributed by atoms with E-state index in [9.17, 15) is 13.0 Å². The average molecular weight is 272 g/mol. The highest BCUT2D eigenvalue weighted by atomic mass is 32.2. The van der Waals surface area contributed by atoms with Crippen LogP contribution in [0.4, 0.5) is 0 Å². The van der Waals surface area contributed by atoms with E-state index in [-0.39, 0.29) is 4.90 Å². The molecule has 0 saturated carbocycles. The van der Waals surface area contributed by atoms with Crippen molar-refractivity contribution in [3.05, 3.63) is 29.8 Å². The van der Waals surface area contributed by atoms with Gasteiger partial charge in [0.05, 0.1) is 32.1 Å². The Hall–Kier alpha value is -1.42. The van der Waals surface area contributed by atoms with Crippen molar-refractivity contribution in [2.75, 3.05) is 21.1 Å². The van der Waals surface area contributed by atoms with Gasteiger partial charge in [0, 0.05) is 6.92 Å². The number of nitrogens with zero attached hydrogens (tertiary/aromatic N) is 1. The van der Waals surface area contributed by atoms with Crippen LogP contribution in [0, 0.1) is 18.3 Å². The molecule has 0 aliphatic rings. The van der Waals surface area contributed by atoms with E-state index in [2.05, 4.69) is 21.1 Å². The molecule has 0 aromatic heterocycles. The zero-order valence-corrected chi connectivity index (χ0v) is 12.2. The second kappa shape index (κ2) is 9.59. The van der Waals surface area contributed by atoms with Crippen LogP contribution < -0.4 is 4.90 Å². The first-order valence-corrected chi connectivity index (χ1v) is 6.66. The first-order chi connectivity index (χ1) is 8.15. The summed E-state index contributed by atoms with van der Waals surface area (Å²) in [5.74, 6) is 0. The maximum absolute atomic E-state index is 10.4. The molecule has 0 aliphatic heterocycles. The summed E-state index contributed by atoms with van der Waals surface area (Å²) in [6.45, 7) is 3.25. The molecule has 0 unspecified atom stereocenters. The molecule has 0 heterocycles. The molecule has 0 aliphatic carbocycles. The summed E-state index contributed by atoms with van der Waals surface area (Å²) in [5, 5.41) is 7.32. The van der Waals surface area contributed by atoms with E-state index < -0.39 is 10.1 Å². The summed E-state index contributed by atoms with van der Waals surface area (Å²) < 4.78 is 31.2. The Morgan fingerprint density at radius 3 is 1.67 bits per heavy atom. The second-order valence-corrected chi connectivity index (χ2v) is 5.37. The molecule has 1 aromatic carbocycles. The fraction of sp³-hybridized carbons (Fsp3) is 0.417. The van der Waals surface area contributed by atoms with Crippen LogP contribution in [0.5, 0.6) is 0 Å². The largest absolute Gasteiger partial charge is 0.744 e. The van der Waals surface area contributed by atoms with Gasteiger partial charge in [0.25, 0.3) is 0 Å². The predicted molar refractivity (Wildman–Crippen MR) is 69.2 cm³/mol. The normalized spacial score (nSPS) is 9.44. The van der Waals surface area contributed by atoms with E-state index >= 15 is 0 Å². The zero-order valence-electron chi connectivity index (χ0n) is 11.4. The third-order valence-electron chi connectivity index (χ3n) is 1.31. The van der Waals surface area contributed by atoms with E-state index in [0.717, 1.165) is 5.56 Å². The molecule has 0 atom stereocenters. The van der Waals surface area contributed by atoms with Crippen LogP contribution in [0.1, 0.15) is 12.5 Å². The molecule has 0 saturated heterocycles. The average Bonchev–Trinajstić information content (AvgIpc) is 2.17. The van der Waals surface area contributed by atoms with Crippen molar-refractivity contribution >= 4 is 10.1 Å². The van der Waals surface area contributed by atoms with Crippen LogP contribution in [-0.2, 0) is 10.1 Å². The maximum atomic E-state index is 10.4. The number of hydrogen-bond donors (Lipinski definition) is 1. The lowest BCUT2D eigenvalue weighted by molar-refractivity contribution is -0.836. The Kier molecular flexibility index (Phi) is 10.1. The van der Waals surface area contributed by atoms with Gasteiger partial charge in [0.2, 0.25) is 0 Å². The maximum Gasteiger partial charge on any atom is 0.124 e. The van der Waals surface area contributed by atoms with Gasteiger partial charge in [-0.25, -0.2) is 8.42 Å². The molecule has 5 nitrogen and oxygen atoms in total. The molecule has 6 heteroatoms. The van der Waals surface area contributed by atoms with Gasteiger partial charge in [-0.1, -0.05) is 17.7 Å². The van der Waals surface area contributed by atoms with Crippen molar-refractivity contribution in [3.63, 3.8) is 0 Å². The molecule has 0 amide bonds. The summed E-state index contributed by atoms with van der Waals surface area (Å²) in [7, 11) is 1.98. The minimum atomic E-state index is -4.27. The fourth-order valence-electron chi connectivity index (χ4n) is 0.705. The van der Waals surface area contributed by atoms with Crippen molar-refractivity contribution in [2.45, 2.75) is 18.7 Å². The van der Waals surface area contributed by atoms with Crippen LogP contribution >= 0.6 is 0 Å². The quantitative estimate of drug-likeness (QED) is 0.739. The molecular formula is C12H20N2O3S. The summed E-state index contributed by atoms with van der Waals surface area (Å²) in [6.07, 6.45) is 0. The second-order valence-electron chi connectivity index (χ2n) is 3.99. The van der Waals surface area contributed by atoms with Gasteiger partial charge in [0.15, 0.2) is 0 Å². The zero-order chi connectivity index (χ0) is 14.8. The van der Waals surface area contributed by atoms with Crippen molar-refractivity contribution in [1.82, 2.24) is 0 Å². The fourth-order valence-corrected chi connectivity index (χ4v) is 1.17. The van der Waals surface area contributed by atoms with Gasteiger partial charge in [-0.05, 0) is 19.1 Å². The summed E-state index contributed by atoms with van der Waals surface area (Å²) in [6, 6.07) is 7.53. The monoisotopic (exact) mass is 272 g/mol. The summed E-state index contributed by atoms with van der Waals surface area (Å²) >= 11 is 0. The van der Waals surface area contributed by atoms with E-state index in [0.29, 0.717) is 0 Å². The molecular weight excluding hydrogens is 252 g/mol. The van der Waals surface area contributed by atoms with Gasteiger partial charge < -0.3 is 9.45 Å². The minimum absolute atomic E-state index is 0.178. The van der Waals surface area contributed by atoms with Gasteiger partial charge >= 0.3 is 0 Å². The van der Waals surface area contributed by atoms with Crippen LogP contribution in [0.25, 0.3) is 0 Å². The van der Waals surface area contributed by atoms with Crippen molar-refractivity contribution in [3.8, 4) is 6.07 Å². The third kappa shape index (κ3) is 12.6. The summed E-state index contributed by atoms with van der Waals surface area (Å²) in [5.41, 5.74) is 0.928. The van der Waals surface area contributed by atoms with E-state index in [1.165, 1.54) is 24.0 Å². The van der Waals surface area contributed by atoms with Gasteiger partial charge in [-0.3, -0.25) is 0 Å². The number of hydrogen-bond acceptors (Lipinski definition) is 4. The molecule has 102 valence electrons. The number of quaternary nitrogens is 1. The van der Waals surface area contributed by atoms with E-state index in [1.54, 1.807) is 18.2 Å². The minimum Gasteiger partial charge on any atom is -0.744 e. The van der Waals surface area contributed by atoms with Crippen molar-refractivity contribution in [1.29, 1.82) is 5.26 Å². The molecule has 0 bridgehead atoms. The molecule has 0 radical (unpaired) electrons. The lowest BCUT2D eigenvalue weighted by Gasteiger charge is -2.05. The predicted octanol–water partition coefficient (Wildman–Crippen LogP) is 0.190. The standard InChI is InChI=1S/C7H8O3S.C3H9N.C2H3N/c1-6-2-4-7(5-3-6)11(8,9)10;1-4(2)3;1-2-3/h2-5H,1H3,(H,8,9,10);1-3H3;1H3. The van der Waals surface area contributed by atoms with Crippen molar-refractivity contribution < 1.29 is 17.9 Å². The number of rotatable bonds is 1. The Bertz CT molecular complexity index is 456. The van der Waals surface area contributed by atoms with Gasteiger partial charge in [-0.15, -0.1) is 0 Å². The van der Waals surface area contributed by atoms with Gasteiger partial charge in [0.1, 0.15) is 10.1 Å². The molecule has 1 aromatic rings. The Balaban J connectivity index is 0. The molecule has 1 N–H and O–H groups in total. The van der Waals surface area contributed by atoms with Crippen LogP contribution in [0.15, 0.2) is 29.2 Å². The van der Waals surface area contributed by atoms with Crippen LogP contribution in [0.3, 0.4) is 0 Å². The van der Waals surface area contributed by atoms with Gasteiger partial charge in [-0.2, -0.15) is 5.26 Å². The van der Waals surface area contributed by atoms with Crippen molar-refractivity contribution in [2.24, 2.45) is 0 Å². The summed E-state index contributed by atoms with van der Waals surface area (Å²) in [4.78, 5) is 1.24. The van der Waals surface area contributed by atoms with Crippen LogP contribution in [0.2, 0.25) is 0 Å². The molecule has 1 rings (SSSR count). The third-order valence-corrected chi connectivity index (χ3v) is 2.16. The Morgan fingerprint density at radius 2 is 1.44 bits per heavy atom. The number of aryl methyl sites for hydroxylation is 1. The lowest BCUT2D eigenvalue weighted by Crippen LogP contribution is -3.02. The first kappa shape index (κ1) is 18.9. The number of benzene rings is 1. The van der Waals surface area contributed by atoms with E-state index in [4.69, 9.17) is 5.26 Å².